The Bertz CT molecular complexity index is 527. The molecule has 1 N–H and O–H groups in total. The van der Waals surface area contributed by atoms with Crippen molar-refractivity contribution < 1.29 is 14.7 Å². The minimum atomic E-state index is -0.908. The van der Waals surface area contributed by atoms with Gasteiger partial charge in [-0.2, -0.15) is 0 Å². The van der Waals surface area contributed by atoms with Crippen LogP contribution in [-0.4, -0.2) is 28.4 Å². The normalized spacial score (nSPS) is 18.0. The van der Waals surface area contributed by atoms with Crippen molar-refractivity contribution in [3.63, 3.8) is 0 Å². The molecular formula is C14H16ClNO3. The zero-order valence-corrected chi connectivity index (χ0v) is 11.6. The van der Waals surface area contributed by atoms with Crippen LogP contribution in [0.4, 0.5) is 0 Å². The van der Waals surface area contributed by atoms with Gasteiger partial charge in [0.05, 0.1) is 12.5 Å². The summed E-state index contributed by atoms with van der Waals surface area (Å²) >= 11 is 5.91. The molecule has 1 aliphatic heterocycles. The summed E-state index contributed by atoms with van der Waals surface area (Å²) in [5.41, 5.74) is 1.29. The standard InChI is InChI=1S/C14H16ClNO3/c1-8(2)7-16-12(6-13(17)18)10-4-3-9(15)5-11(10)14(16)19/h3-5,8,12H,6-7H2,1-2H3,(H,17,18). The van der Waals surface area contributed by atoms with Gasteiger partial charge in [-0.25, -0.2) is 0 Å². The topological polar surface area (TPSA) is 57.6 Å². The number of fused-ring (bicyclic) bond motifs is 1. The predicted molar refractivity (Wildman–Crippen MR) is 72.3 cm³/mol. The van der Waals surface area contributed by atoms with Gasteiger partial charge in [0.25, 0.3) is 5.91 Å². The van der Waals surface area contributed by atoms with Crippen LogP contribution in [0.15, 0.2) is 18.2 Å². The largest absolute Gasteiger partial charge is 0.481 e. The number of hydrogen-bond donors (Lipinski definition) is 1. The maximum Gasteiger partial charge on any atom is 0.305 e. The number of aliphatic carboxylic acids is 1. The Kier molecular flexibility index (Phi) is 3.80. The number of rotatable bonds is 4. The number of amides is 1. The third-order valence-electron chi connectivity index (χ3n) is 3.17. The molecule has 1 heterocycles. The highest BCUT2D eigenvalue weighted by molar-refractivity contribution is 6.31. The average molecular weight is 282 g/mol. The first kappa shape index (κ1) is 13.9. The van der Waals surface area contributed by atoms with Crippen LogP contribution < -0.4 is 0 Å². The Labute approximate surface area is 117 Å². The highest BCUT2D eigenvalue weighted by atomic mass is 35.5. The van der Waals surface area contributed by atoms with Crippen LogP contribution >= 0.6 is 11.6 Å². The van der Waals surface area contributed by atoms with E-state index >= 15 is 0 Å². The minimum Gasteiger partial charge on any atom is -0.481 e. The van der Waals surface area contributed by atoms with Gasteiger partial charge in [-0.05, 0) is 23.6 Å². The second-order valence-corrected chi connectivity index (χ2v) is 5.63. The van der Waals surface area contributed by atoms with E-state index in [4.69, 9.17) is 16.7 Å². The second kappa shape index (κ2) is 5.21. The van der Waals surface area contributed by atoms with Gasteiger partial charge in [-0.3, -0.25) is 9.59 Å². The summed E-state index contributed by atoms with van der Waals surface area (Å²) in [6, 6.07) is 4.68. The van der Waals surface area contributed by atoms with E-state index in [1.165, 1.54) is 0 Å². The zero-order valence-electron chi connectivity index (χ0n) is 10.9. The van der Waals surface area contributed by atoms with Gasteiger partial charge in [0.2, 0.25) is 0 Å². The number of carbonyl (C=O) groups excluding carboxylic acids is 1. The molecule has 1 aromatic rings. The smallest absolute Gasteiger partial charge is 0.305 e. The van der Waals surface area contributed by atoms with E-state index in [2.05, 4.69) is 0 Å². The van der Waals surface area contributed by atoms with Gasteiger partial charge >= 0.3 is 5.97 Å². The first-order valence-electron chi connectivity index (χ1n) is 6.22. The van der Waals surface area contributed by atoms with E-state index in [-0.39, 0.29) is 24.3 Å². The van der Waals surface area contributed by atoms with E-state index in [1.54, 1.807) is 23.1 Å². The number of carboxylic acid groups (broad SMARTS) is 1. The van der Waals surface area contributed by atoms with Crippen LogP contribution in [0.1, 0.15) is 42.2 Å². The van der Waals surface area contributed by atoms with Crippen LogP contribution in [0.2, 0.25) is 5.02 Å². The fourth-order valence-corrected chi connectivity index (χ4v) is 2.63. The third-order valence-corrected chi connectivity index (χ3v) is 3.41. The number of carbonyl (C=O) groups is 2. The fraction of sp³-hybridized carbons (Fsp3) is 0.429. The highest BCUT2D eigenvalue weighted by Crippen LogP contribution is 2.37. The molecule has 5 heteroatoms. The lowest BCUT2D eigenvalue weighted by molar-refractivity contribution is -0.138. The maximum absolute atomic E-state index is 12.4. The van der Waals surface area contributed by atoms with Gasteiger partial charge in [0, 0.05) is 17.1 Å². The summed E-state index contributed by atoms with van der Waals surface area (Å²) in [6.07, 6.45) is -0.0763. The molecule has 0 spiro atoms. The lowest BCUT2D eigenvalue weighted by Crippen LogP contribution is -2.32. The lowest BCUT2D eigenvalue weighted by atomic mass is 10.0. The summed E-state index contributed by atoms with van der Waals surface area (Å²) in [4.78, 5) is 25.0. The average Bonchev–Trinajstić information content (AvgIpc) is 2.53. The Hall–Kier alpha value is -1.55. The number of carboxylic acids is 1. The van der Waals surface area contributed by atoms with Crippen molar-refractivity contribution in [3.8, 4) is 0 Å². The van der Waals surface area contributed by atoms with Crippen molar-refractivity contribution >= 4 is 23.5 Å². The predicted octanol–water partition coefficient (Wildman–Crippen LogP) is 2.97. The summed E-state index contributed by atoms with van der Waals surface area (Å²) in [7, 11) is 0. The SMILES string of the molecule is CC(C)CN1C(=O)c2cc(Cl)ccc2C1CC(=O)O. The van der Waals surface area contributed by atoms with Gasteiger partial charge in [-0.15, -0.1) is 0 Å². The molecule has 2 rings (SSSR count). The molecule has 0 aliphatic carbocycles. The Morgan fingerprint density at radius 3 is 2.74 bits per heavy atom. The molecule has 0 saturated heterocycles. The van der Waals surface area contributed by atoms with E-state index in [9.17, 15) is 9.59 Å². The summed E-state index contributed by atoms with van der Waals surface area (Å²) in [5, 5.41) is 9.52. The molecule has 4 nitrogen and oxygen atoms in total. The molecule has 0 radical (unpaired) electrons. The second-order valence-electron chi connectivity index (χ2n) is 5.20. The van der Waals surface area contributed by atoms with Crippen molar-refractivity contribution in [1.82, 2.24) is 4.90 Å². The molecular weight excluding hydrogens is 266 g/mol. The molecule has 0 aromatic heterocycles. The number of hydrogen-bond acceptors (Lipinski definition) is 2. The maximum atomic E-state index is 12.4. The molecule has 1 amide bonds. The molecule has 1 aliphatic rings. The highest BCUT2D eigenvalue weighted by Gasteiger charge is 2.37. The van der Waals surface area contributed by atoms with Gasteiger partial charge in [0.1, 0.15) is 0 Å². The van der Waals surface area contributed by atoms with Gasteiger partial charge < -0.3 is 10.0 Å². The van der Waals surface area contributed by atoms with Crippen LogP contribution in [0.25, 0.3) is 0 Å². The van der Waals surface area contributed by atoms with E-state index in [0.717, 1.165) is 5.56 Å². The quantitative estimate of drug-likeness (QED) is 0.923. The minimum absolute atomic E-state index is 0.0763. The van der Waals surface area contributed by atoms with Gasteiger partial charge in [0.15, 0.2) is 0 Å². The molecule has 102 valence electrons. The Balaban J connectivity index is 2.41. The van der Waals surface area contributed by atoms with E-state index in [1.807, 2.05) is 13.8 Å². The van der Waals surface area contributed by atoms with Crippen molar-refractivity contribution in [2.75, 3.05) is 6.54 Å². The summed E-state index contributed by atoms with van der Waals surface area (Å²) in [5.74, 6) is -0.753. The Morgan fingerprint density at radius 1 is 1.47 bits per heavy atom. The van der Waals surface area contributed by atoms with Crippen molar-refractivity contribution in [1.29, 1.82) is 0 Å². The Morgan fingerprint density at radius 2 is 2.16 bits per heavy atom. The molecule has 1 unspecified atom stereocenters. The fourth-order valence-electron chi connectivity index (χ4n) is 2.46. The van der Waals surface area contributed by atoms with Crippen LogP contribution in [0.5, 0.6) is 0 Å². The zero-order chi connectivity index (χ0) is 14.2. The molecule has 0 fully saturated rings. The number of nitrogens with zero attached hydrogens (tertiary/aromatic N) is 1. The molecule has 1 atom stereocenters. The third kappa shape index (κ3) is 2.73. The summed E-state index contributed by atoms with van der Waals surface area (Å²) in [6.45, 7) is 4.55. The van der Waals surface area contributed by atoms with Crippen molar-refractivity contribution in [2.45, 2.75) is 26.3 Å². The first-order chi connectivity index (χ1) is 8.90. The van der Waals surface area contributed by atoms with Crippen LogP contribution in [0, 0.1) is 5.92 Å². The first-order valence-corrected chi connectivity index (χ1v) is 6.60. The van der Waals surface area contributed by atoms with Gasteiger partial charge in [-0.1, -0.05) is 31.5 Å². The molecule has 0 saturated carbocycles. The van der Waals surface area contributed by atoms with Crippen molar-refractivity contribution in [2.24, 2.45) is 5.92 Å². The molecule has 1 aromatic carbocycles. The van der Waals surface area contributed by atoms with Crippen LogP contribution in [0.3, 0.4) is 0 Å². The monoisotopic (exact) mass is 281 g/mol. The summed E-state index contributed by atoms with van der Waals surface area (Å²) < 4.78 is 0. The van der Waals surface area contributed by atoms with Crippen LogP contribution in [-0.2, 0) is 4.79 Å². The van der Waals surface area contributed by atoms with E-state index in [0.29, 0.717) is 17.1 Å². The van der Waals surface area contributed by atoms with Crippen molar-refractivity contribution in [3.05, 3.63) is 34.3 Å². The van der Waals surface area contributed by atoms with E-state index < -0.39 is 5.97 Å². The lowest BCUT2D eigenvalue weighted by Gasteiger charge is -2.25. The molecule has 19 heavy (non-hydrogen) atoms. The number of benzene rings is 1. The number of halogens is 1. The molecule has 0 bridgehead atoms.